The van der Waals surface area contributed by atoms with E-state index in [1.807, 2.05) is 24.3 Å². The fourth-order valence-electron chi connectivity index (χ4n) is 2.20. The van der Waals surface area contributed by atoms with Gasteiger partial charge in [-0.3, -0.25) is 0 Å². The lowest BCUT2D eigenvalue weighted by molar-refractivity contribution is -0.0617. The Balaban J connectivity index is 1.75. The van der Waals surface area contributed by atoms with Crippen LogP contribution in [0.25, 0.3) is 0 Å². The molecule has 1 aliphatic rings. The van der Waals surface area contributed by atoms with E-state index < -0.39 is 5.60 Å². The van der Waals surface area contributed by atoms with E-state index in [1.165, 1.54) is 0 Å². The van der Waals surface area contributed by atoms with E-state index >= 15 is 0 Å². The molecule has 0 atom stereocenters. The molecule has 1 saturated heterocycles. The second-order valence-corrected chi connectivity index (χ2v) is 5.08. The molecule has 2 rings (SSSR count). The lowest BCUT2D eigenvalue weighted by Crippen LogP contribution is -2.44. The second kappa shape index (κ2) is 7.30. The van der Waals surface area contributed by atoms with Crippen LogP contribution < -0.4 is 10.1 Å². The molecule has 4 heteroatoms. The Morgan fingerprint density at radius 3 is 2.65 bits per heavy atom. The van der Waals surface area contributed by atoms with E-state index in [0.717, 1.165) is 17.9 Å². The van der Waals surface area contributed by atoms with Crippen molar-refractivity contribution in [2.75, 3.05) is 26.4 Å². The number of terminal acetylenes is 1. The summed E-state index contributed by atoms with van der Waals surface area (Å²) in [6.45, 7) is 2.87. The fraction of sp³-hybridized carbons (Fsp3) is 0.500. The van der Waals surface area contributed by atoms with Crippen LogP contribution in [-0.2, 0) is 11.3 Å². The maximum absolute atomic E-state index is 10.3. The molecule has 4 nitrogen and oxygen atoms in total. The fourth-order valence-corrected chi connectivity index (χ4v) is 2.20. The van der Waals surface area contributed by atoms with Gasteiger partial charge >= 0.3 is 0 Å². The number of hydrogen-bond donors (Lipinski definition) is 2. The minimum absolute atomic E-state index is 0.284. The first-order valence-electron chi connectivity index (χ1n) is 6.88. The highest BCUT2D eigenvalue weighted by molar-refractivity contribution is 5.27. The third kappa shape index (κ3) is 4.53. The summed E-state index contributed by atoms with van der Waals surface area (Å²) in [5, 5.41) is 13.6. The number of hydrogen-bond acceptors (Lipinski definition) is 4. The van der Waals surface area contributed by atoms with E-state index in [9.17, 15) is 5.11 Å². The van der Waals surface area contributed by atoms with Crippen molar-refractivity contribution >= 4 is 0 Å². The normalized spacial score (nSPS) is 17.4. The van der Waals surface area contributed by atoms with Gasteiger partial charge in [-0.15, -0.1) is 6.42 Å². The molecule has 1 heterocycles. The van der Waals surface area contributed by atoms with Gasteiger partial charge in [-0.1, -0.05) is 18.1 Å². The summed E-state index contributed by atoms with van der Waals surface area (Å²) in [6, 6.07) is 7.79. The zero-order valence-corrected chi connectivity index (χ0v) is 11.6. The monoisotopic (exact) mass is 275 g/mol. The summed E-state index contributed by atoms with van der Waals surface area (Å²) in [7, 11) is 0. The highest BCUT2D eigenvalue weighted by atomic mass is 16.5. The van der Waals surface area contributed by atoms with Gasteiger partial charge in [0.1, 0.15) is 12.4 Å². The lowest BCUT2D eigenvalue weighted by atomic mass is 9.94. The zero-order chi connectivity index (χ0) is 14.3. The quantitative estimate of drug-likeness (QED) is 0.769. The smallest absolute Gasteiger partial charge is 0.148 e. The maximum Gasteiger partial charge on any atom is 0.148 e. The van der Waals surface area contributed by atoms with E-state index in [1.54, 1.807) is 0 Å². The molecular formula is C16H21NO3. The number of nitrogens with one attached hydrogen (secondary N) is 1. The summed E-state index contributed by atoms with van der Waals surface area (Å²) in [4.78, 5) is 0. The minimum Gasteiger partial charge on any atom is -0.481 e. The third-order valence-corrected chi connectivity index (χ3v) is 3.45. The van der Waals surface area contributed by atoms with E-state index in [4.69, 9.17) is 15.9 Å². The Bertz CT molecular complexity index is 444. The van der Waals surface area contributed by atoms with Crippen molar-refractivity contribution in [3.05, 3.63) is 29.8 Å². The number of rotatable bonds is 6. The van der Waals surface area contributed by atoms with Crippen LogP contribution >= 0.6 is 0 Å². The number of aliphatic hydroxyl groups is 1. The van der Waals surface area contributed by atoms with Crippen LogP contribution in [0.1, 0.15) is 18.4 Å². The van der Waals surface area contributed by atoms with Gasteiger partial charge in [0.25, 0.3) is 0 Å². The van der Waals surface area contributed by atoms with Crippen LogP contribution in [0.15, 0.2) is 24.3 Å². The average Bonchev–Trinajstić information content (AvgIpc) is 2.47. The molecule has 0 radical (unpaired) electrons. The van der Waals surface area contributed by atoms with Crippen LogP contribution in [0.4, 0.5) is 0 Å². The van der Waals surface area contributed by atoms with Crippen molar-refractivity contribution in [1.82, 2.24) is 5.32 Å². The third-order valence-electron chi connectivity index (χ3n) is 3.45. The molecule has 1 aliphatic heterocycles. The van der Waals surface area contributed by atoms with Gasteiger partial charge in [-0.2, -0.15) is 0 Å². The molecule has 0 amide bonds. The standard InChI is InChI=1S/C16H21NO3/c1-2-9-20-15-5-3-14(4-6-15)12-17-13-16(18)7-10-19-11-8-16/h1,3-6,17-18H,7-13H2. The largest absolute Gasteiger partial charge is 0.481 e. The summed E-state index contributed by atoms with van der Waals surface area (Å²) < 4.78 is 10.6. The summed E-state index contributed by atoms with van der Waals surface area (Å²) in [5.74, 6) is 3.21. The summed E-state index contributed by atoms with van der Waals surface area (Å²) >= 11 is 0. The number of benzene rings is 1. The Labute approximate surface area is 120 Å². The van der Waals surface area contributed by atoms with Crippen LogP contribution in [0.5, 0.6) is 5.75 Å². The van der Waals surface area contributed by atoms with Crippen LogP contribution in [0.3, 0.4) is 0 Å². The second-order valence-electron chi connectivity index (χ2n) is 5.08. The molecule has 0 bridgehead atoms. The van der Waals surface area contributed by atoms with Crippen LogP contribution in [0, 0.1) is 12.3 Å². The molecule has 0 aromatic heterocycles. The molecule has 108 valence electrons. The zero-order valence-electron chi connectivity index (χ0n) is 11.6. The molecule has 1 aromatic rings. The predicted octanol–water partition coefficient (Wildman–Crippen LogP) is 1.33. The first kappa shape index (κ1) is 14.9. The van der Waals surface area contributed by atoms with E-state index in [-0.39, 0.29) is 6.61 Å². The maximum atomic E-state index is 10.3. The van der Waals surface area contributed by atoms with Gasteiger partial charge < -0.3 is 19.9 Å². The summed E-state index contributed by atoms with van der Waals surface area (Å²) in [5.41, 5.74) is 0.516. The Hall–Kier alpha value is -1.54. The predicted molar refractivity (Wildman–Crippen MR) is 77.5 cm³/mol. The number of ether oxygens (including phenoxy) is 2. The molecule has 2 N–H and O–H groups in total. The Morgan fingerprint density at radius 1 is 1.30 bits per heavy atom. The van der Waals surface area contributed by atoms with Crippen molar-refractivity contribution in [3.8, 4) is 18.1 Å². The van der Waals surface area contributed by atoms with Gasteiger partial charge in [0, 0.05) is 39.1 Å². The molecule has 1 aromatic carbocycles. The molecule has 0 saturated carbocycles. The first-order chi connectivity index (χ1) is 9.72. The first-order valence-corrected chi connectivity index (χ1v) is 6.88. The molecular weight excluding hydrogens is 254 g/mol. The Kier molecular flexibility index (Phi) is 5.42. The van der Waals surface area contributed by atoms with Gasteiger partial charge in [0.2, 0.25) is 0 Å². The molecule has 0 unspecified atom stereocenters. The summed E-state index contributed by atoms with van der Waals surface area (Å²) in [6.07, 6.45) is 6.52. The van der Waals surface area contributed by atoms with Crippen molar-refractivity contribution in [3.63, 3.8) is 0 Å². The van der Waals surface area contributed by atoms with Crippen molar-refractivity contribution < 1.29 is 14.6 Å². The van der Waals surface area contributed by atoms with Gasteiger partial charge in [0.05, 0.1) is 5.60 Å². The van der Waals surface area contributed by atoms with E-state index in [0.29, 0.717) is 32.6 Å². The lowest BCUT2D eigenvalue weighted by Gasteiger charge is -2.32. The SMILES string of the molecule is C#CCOc1ccc(CNCC2(O)CCOCC2)cc1. The molecule has 0 aliphatic carbocycles. The molecule has 0 spiro atoms. The van der Waals surface area contributed by atoms with Gasteiger partial charge in [0.15, 0.2) is 0 Å². The highest BCUT2D eigenvalue weighted by Crippen LogP contribution is 2.19. The average molecular weight is 275 g/mol. The van der Waals surface area contributed by atoms with Crippen molar-refractivity contribution in [2.45, 2.75) is 25.0 Å². The Morgan fingerprint density at radius 2 is 2.00 bits per heavy atom. The van der Waals surface area contributed by atoms with Crippen molar-refractivity contribution in [1.29, 1.82) is 0 Å². The van der Waals surface area contributed by atoms with Gasteiger partial charge in [-0.25, -0.2) is 0 Å². The van der Waals surface area contributed by atoms with Crippen LogP contribution in [-0.4, -0.2) is 37.1 Å². The molecule has 1 fully saturated rings. The van der Waals surface area contributed by atoms with Gasteiger partial charge in [-0.05, 0) is 17.7 Å². The minimum atomic E-state index is -0.631. The topological polar surface area (TPSA) is 50.7 Å². The van der Waals surface area contributed by atoms with E-state index in [2.05, 4.69) is 11.2 Å². The van der Waals surface area contributed by atoms with Crippen LogP contribution in [0.2, 0.25) is 0 Å². The highest BCUT2D eigenvalue weighted by Gasteiger charge is 2.28. The molecule has 20 heavy (non-hydrogen) atoms. The van der Waals surface area contributed by atoms with Crippen molar-refractivity contribution in [2.24, 2.45) is 0 Å².